The van der Waals surface area contributed by atoms with Crippen molar-refractivity contribution in [2.24, 2.45) is 4.99 Å². The van der Waals surface area contributed by atoms with E-state index in [4.69, 9.17) is 4.74 Å². The van der Waals surface area contributed by atoms with Gasteiger partial charge in [0.2, 0.25) is 0 Å². The van der Waals surface area contributed by atoms with Gasteiger partial charge in [0.05, 0.1) is 7.11 Å². The minimum Gasteiger partial charge on any atom is -0.496 e. The summed E-state index contributed by atoms with van der Waals surface area (Å²) in [6.07, 6.45) is 0. The molecule has 0 amide bonds. The van der Waals surface area contributed by atoms with Gasteiger partial charge in [0.15, 0.2) is 5.96 Å². The molecule has 0 bridgehead atoms. The number of para-hydroxylation sites is 1. The Balaban J connectivity index is 2.63. The van der Waals surface area contributed by atoms with E-state index in [-0.39, 0.29) is 5.54 Å². The number of nitrogens with one attached hydrogen (secondary N) is 2. The van der Waals surface area contributed by atoms with Crippen LogP contribution in [0.15, 0.2) is 29.3 Å². The average molecular weight is 249 g/mol. The molecule has 100 valence electrons. The van der Waals surface area contributed by atoms with Crippen molar-refractivity contribution in [3.63, 3.8) is 0 Å². The lowest BCUT2D eigenvalue weighted by atomic mass is 10.1. The first-order valence-electron chi connectivity index (χ1n) is 6.07. The van der Waals surface area contributed by atoms with Gasteiger partial charge in [-0.05, 0) is 26.8 Å². The van der Waals surface area contributed by atoms with Gasteiger partial charge in [0, 0.05) is 24.7 Å². The lowest BCUT2D eigenvalue weighted by Crippen LogP contribution is -2.47. The molecule has 0 spiro atoms. The van der Waals surface area contributed by atoms with Crippen molar-refractivity contribution in [1.82, 2.24) is 10.6 Å². The predicted octanol–water partition coefficient (Wildman–Crippen LogP) is 2.16. The van der Waals surface area contributed by atoms with Crippen LogP contribution >= 0.6 is 0 Å². The number of nitrogens with zero attached hydrogens (tertiary/aromatic N) is 1. The molecule has 0 radical (unpaired) electrons. The summed E-state index contributed by atoms with van der Waals surface area (Å²) >= 11 is 0. The van der Waals surface area contributed by atoms with Crippen molar-refractivity contribution in [2.75, 3.05) is 14.2 Å². The third kappa shape index (κ3) is 4.65. The standard InChI is InChI=1S/C14H23N3O/c1-14(2,3)17-13(15-4)16-10-11-8-6-7-9-12(11)18-5/h6-9H,10H2,1-5H3,(H2,15,16,17). The van der Waals surface area contributed by atoms with E-state index in [1.165, 1.54) is 0 Å². The molecule has 0 aliphatic rings. The third-order valence-electron chi connectivity index (χ3n) is 2.36. The van der Waals surface area contributed by atoms with Gasteiger partial charge in [-0.1, -0.05) is 18.2 Å². The Labute approximate surface area is 109 Å². The van der Waals surface area contributed by atoms with Crippen LogP contribution in [0.25, 0.3) is 0 Å². The fourth-order valence-electron chi connectivity index (χ4n) is 1.56. The number of rotatable bonds is 3. The lowest BCUT2D eigenvalue weighted by molar-refractivity contribution is 0.409. The third-order valence-corrected chi connectivity index (χ3v) is 2.36. The normalized spacial score (nSPS) is 12.2. The summed E-state index contributed by atoms with van der Waals surface area (Å²) in [5.41, 5.74) is 1.10. The lowest BCUT2D eigenvalue weighted by Gasteiger charge is -2.24. The number of hydrogen-bond acceptors (Lipinski definition) is 2. The van der Waals surface area contributed by atoms with Gasteiger partial charge in [-0.3, -0.25) is 4.99 Å². The molecule has 18 heavy (non-hydrogen) atoms. The van der Waals surface area contributed by atoms with Crippen molar-refractivity contribution in [3.8, 4) is 5.75 Å². The molecule has 1 aromatic rings. The summed E-state index contributed by atoms with van der Waals surface area (Å²) in [6, 6.07) is 7.96. The molecule has 0 aliphatic carbocycles. The Morgan fingerprint density at radius 1 is 1.28 bits per heavy atom. The van der Waals surface area contributed by atoms with E-state index in [2.05, 4.69) is 36.4 Å². The molecule has 0 fully saturated rings. The van der Waals surface area contributed by atoms with E-state index in [1.54, 1.807) is 14.2 Å². The summed E-state index contributed by atoms with van der Waals surface area (Å²) in [6.45, 7) is 6.98. The molecule has 2 N–H and O–H groups in total. The molecular weight excluding hydrogens is 226 g/mol. The Hall–Kier alpha value is -1.71. The summed E-state index contributed by atoms with van der Waals surface area (Å²) in [4.78, 5) is 4.20. The quantitative estimate of drug-likeness (QED) is 0.637. The van der Waals surface area contributed by atoms with E-state index in [0.29, 0.717) is 6.54 Å². The maximum absolute atomic E-state index is 5.31. The summed E-state index contributed by atoms with van der Waals surface area (Å²) in [7, 11) is 3.45. The fraction of sp³-hybridized carbons (Fsp3) is 0.500. The number of guanidine groups is 1. The van der Waals surface area contributed by atoms with E-state index in [1.807, 2.05) is 24.3 Å². The van der Waals surface area contributed by atoms with Crippen LogP contribution in [0.1, 0.15) is 26.3 Å². The molecule has 0 aromatic heterocycles. The zero-order valence-electron chi connectivity index (χ0n) is 11.9. The molecule has 0 unspecified atom stereocenters. The van der Waals surface area contributed by atoms with Crippen molar-refractivity contribution in [2.45, 2.75) is 32.9 Å². The van der Waals surface area contributed by atoms with Crippen LogP contribution < -0.4 is 15.4 Å². The highest BCUT2D eigenvalue weighted by molar-refractivity contribution is 5.80. The number of hydrogen-bond donors (Lipinski definition) is 2. The second-order valence-electron chi connectivity index (χ2n) is 5.11. The van der Waals surface area contributed by atoms with Crippen LogP contribution in [0.4, 0.5) is 0 Å². The van der Waals surface area contributed by atoms with E-state index in [0.717, 1.165) is 17.3 Å². The monoisotopic (exact) mass is 249 g/mol. The van der Waals surface area contributed by atoms with Gasteiger partial charge in [-0.15, -0.1) is 0 Å². The zero-order valence-corrected chi connectivity index (χ0v) is 11.9. The molecule has 0 atom stereocenters. The van der Waals surface area contributed by atoms with Crippen LogP contribution in [-0.4, -0.2) is 25.7 Å². The molecule has 1 aromatic carbocycles. The summed E-state index contributed by atoms with van der Waals surface area (Å²) in [5.74, 6) is 1.67. The largest absolute Gasteiger partial charge is 0.496 e. The second-order valence-corrected chi connectivity index (χ2v) is 5.11. The smallest absolute Gasteiger partial charge is 0.191 e. The first-order chi connectivity index (χ1) is 8.46. The van der Waals surface area contributed by atoms with Crippen molar-refractivity contribution in [1.29, 1.82) is 0 Å². The fourth-order valence-corrected chi connectivity index (χ4v) is 1.56. The van der Waals surface area contributed by atoms with E-state index < -0.39 is 0 Å². The zero-order chi connectivity index (χ0) is 13.6. The average Bonchev–Trinajstić information content (AvgIpc) is 2.33. The van der Waals surface area contributed by atoms with Crippen molar-refractivity contribution >= 4 is 5.96 Å². The molecule has 4 nitrogen and oxygen atoms in total. The van der Waals surface area contributed by atoms with E-state index in [9.17, 15) is 0 Å². The van der Waals surface area contributed by atoms with E-state index >= 15 is 0 Å². The molecule has 0 aliphatic heterocycles. The van der Waals surface area contributed by atoms with Crippen molar-refractivity contribution in [3.05, 3.63) is 29.8 Å². The van der Waals surface area contributed by atoms with Crippen LogP contribution in [-0.2, 0) is 6.54 Å². The molecule has 0 heterocycles. The SMILES string of the molecule is CN=C(NCc1ccccc1OC)NC(C)(C)C. The Kier molecular flexibility index (Phi) is 5.01. The number of aliphatic imine (C=N–C) groups is 1. The number of ether oxygens (including phenoxy) is 1. The molecule has 1 rings (SSSR count). The van der Waals surface area contributed by atoms with Gasteiger partial charge in [0.25, 0.3) is 0 Å². The predicted molar refractivity (Wildman–Crippen MR) is 76.1 cm³/mol. The highest BCUT2D eigenvalue weighted by Gasteiger charge is 2.11. The maximum Gasteiger partial charge on any atom is 0.191 e. The number of benzene rings is 1. The summed E-state index contributed by atoms with van der Waals surface area (Å²) < 4.78 is 5.31. The molecule has 4 heteroatoms. The van der Waals surface area contributed by atoms with Crippen molar-refractivity contribution < 1.29 is 4.74 Å². The van der Waals surface area contributed by atoms with Gasteiger partial charge in [-0.25, -0.2) is 0 Å². The van der Waals surface area contributed by atoms with Gasteiger partial charge in [0.1, 0.15) is 5.75 Å². The highest BCUT2D eigenvalue weighted by atomic mass is 16.5. The minimum atomic E-state index is -0.0113. The minimum absolute atomic E-state index is 0.0113. The van der Waals surface area contributed by atoms with Gasteiger partial charge in [-0.2, -0.15) is 0 Å². The Bertz CT molecular complexity index is 408. The van der Waals surface area contributed by atoms with Crippen LogP contribution in [0.3, 0.4) is 0 Å². The Morgan fingerprint density at radius 3 is 2.50 bits per heavy atom. The molecule has 0 saturated heterocycles. The number of methoxy groups -OCH3 is 1. The van der Waals surface area contributed by atoms with Crippen LogP contribution in [0, 0.1) is 0 Å². The first kappa shape index (κ1) is 14.4. The van der Waals surface area contributed by atoms with Crippen LogP contribution in [0.2, 0.25) is 0 Å². The van der Waals surface area contributed by atoms with Gasteiger partial charge >= 0.3 is 0 Å². The summed E-state index contributed by atoms with van der Waals surface area (Å²) in [5, 5.41) is 6.59. The van der Waals surface area contributed by atoms with Crippen LogP contribution in [0.5, 0.6) is 5.75 Å². The van der Waals surface area contributed by atoms with Gasteiger partial charge < -0.3 is 15.4 Å². The molecular formula is C14H23N3O. The first-order valence-corrected chi connectivity index (χ1v) is 6.07. The second kappa shape index (κ2) is 6.28. The molecule has 0 saturated carbocycles. The Morgan fingerprint density at radius 2 is 1.94 bits per heavy atom. The topological polar surface area (TPSA) is 45.7 Å². The maximum atomic E-state index is 5.31. The highest BCUT2D eigenvalue weighted by Crippen LogP contribution is 2.16.